The molecule has 2 rings (SSSR count). The topological polar surface area (TPSA) is 43.8 Å². The predicted molar refractivity (Wildman–Crippen MR) is 90.8 cm³/mol. The highest BCUT2D eigenvalue weighted by molar-refractivity contribution is 7.09. The number of nitrogens with zero attached hydrogens (tertiary/aromatic N) is 4. The second-order valence-electron chi connectivity index (χ2n) is 6.09. The van der Waals surface area contributed by atoms with Gasteiger partial charge in [0.05, 0.1) is 5.01 Å². The Balaban J connectivity index is 1.80. The molecule has 0 saturated carbocycles. The first kappa shape index (κ1) is 21.7. The van der Waals surface area contributed by atoms with E-state index < -0.39 is 24.1 Å². The summed E-state index contributed by atoms with van der Waals surface area (Å²) in [6.45, 7) is 2.75. The maximum absolute atomic E-state index is 12.8. The van der Waals surface area contributed by atoms with Gasteiger partial charge >= 0.3 is 12.4 Å². The zero-order chi connectivity index (χ0) is 20.2. The second kappa shape index (κ2) is 8.63. The molecule has 1 aliphatic rings. The number of alkyl halides is 6. The van der Waals surface area contributed by atoms with Gasteiger partial charge < -0.3 is 10.2 Å². The Morgan fingerprint density at radius 2 is 1.85 bits per heavy atom. The zero-order valence-corrected chi connectivity index (χ0v) is 15.7. The predicted octanol–water partition coefficient (Wildman–Crippen LogP) is 2.85. The van der Waals surface area contributed by atoms with Gasteiger partial charge in [-0.15, -0.1) is 11.3 Å². The van der Waals surface area contributed by atoms with Gasteiger partial charge in [-0.3, -0.25) is 9.89 Å². The maximum Gasteiger partial charge on any atom is 0.434 e. The molecule has 0 aromatic carbocycles. The van der Waals surface area contributed by atoms with Crippen LogP contribution in [0.2, 0.25) is 0 Å². The Morgan fingerprint density at radius 3 is 2.33 bits per heavy atom. The van der Waals surface area contributed by atoms with Gasteiger partial charge in [0.2, 0.25) is 0 Å². The molecule has 0 spiro atoms. The van der Waals surface area contributed by atoms with E-state index in [0.717, 1.165) is 23.6 Å². The maximum atomic E-state index is 12.8. The molecule has 1 aliphatic heterocycles. The Labute approximate surface area is 157 Å². The third-order valence-corrected chi connectivity index (χ3v) is 5.22. The van der Waals surface area contributed by atoms with Crippen molar-refractivity contribution in [3.8, 4) is 0 Å². The van der Waals surface area contributed by atoms with Crippen LogP contribution in [0.1, 0.15) is 17.6 Å². The third-order valence-electron chi connectivity index (χ3n) is 4.31. The van der Waals surface area contributed by atoms with Crippen LogP contribution in [0.3, 0.4) is 0 Å². The molecule has 1 fully saturated rings. The molecule has 1 unspecified atom stereocenters. The van der Waals surface area contributed by atoms with Crippen LogP contribution >= 0.6 is 11.3 Å². The lowest BCUT2D eigenvalue weighted by atomic mass is 10.2. The van der Waals surface area contributed by atoms with E-state index in [2.05, 4.69) is 15.3 Å². The van der Waals surface area contributed by atoms with Gasteiger partial charge in [-0.1, -0.05) is 0 Å². The van der Waals surface area contributed by atoms with Gasteiger partial charge in [0.25, 0.3) is 0 Å². The highest BCUT2D eigenvalue weighted by Gasteiger charge is 2.41. The number of nitrogens with one attached hydrogen (secondary N) is 1. The van der Waals surface area contributed by atoms with Crippen molar-refractivity contribution in [1.29, 1.82) is 0 Å². The van der Waals surface area contributed by atoms with Crippen LogP contribution < -0.4 is 5.32 Å². The molecule has 0 bridgehead atoms. The van der Waals surface area contributed by atoms with Gasteiger partial charge in [-0.05, 0) is 6.92 Å². The average molecular weight is 417 g/mol. The molecule has 2 heterocycles. The van der Waals surface area contributed by atoms with Crippen molar-refractivity contribution in [2.45, 2.75) is 31.7 Å². The highest BCUT2D eigenvalue weighted by atomic mass is 32.1. The smallest absolute Gasteiger partial charge is 0.356 e. The van der Waals surface area contributed by atoms with Gasteiger partial charge in [-0.25, -0.2) is 4.98 Å². The minimum absolute atomic E-state index is 0.253. The van der Waals surface area contributed by atoms with Crippen LogP contribution in [-0.2, 0) is 12.6 Å². The van der Waals surface area contributed by atoms with E-state index in [1.54, 1.807) is 7.05 Å². The molecule has 5 nitrogen and oxygen atoms in total. The monoisotopic (exact) mass is 417 g/mol. The lowest BCUT2D eigenvalue weighted by Crippen LogP contribution is -2.56. The Kier molecular flexibility index (Phi) is 6.95. The molecule has 1 saturated heterocycles. The number of piperazine rings is 1. The molecule has 0 radical (unpaired) electrons. The number of halogens is 6. The van der Waals surface area contributed by atoms with Crippen molar-refractivity contribution in [2.75, 3.05) is 39.8 Å². The summed E-state index contributed by atoms with van der Waals surface area (Å²) in [5.74, 6) is 0.516. The summed E-state index contributed by atoms with van der Waals surface area (Å²) in [6, 6.07) is -1.50. The van der Waals surface area contributed by atoms with Crippen molar-refractivity contribution in [1.82, 2.24) is 20.1 Å². The van der Waals surface area contributed by atoms with Crippen molar-refractivity contribution >= 4 is 17.3 Å². The number of hydrogen-bond acceptors (Lipinski definition) is 4. The van der Waals surface area contributed by atoms with Crippen LogP contribution in [0.5, 0.6) is 0 Å². The van der Waals surface area contributed by atoms with Gasteiger partial charge in [0, 0.05) is 51.6 Å². The molecule has 0 aliphatic carbocycles. The molecule has 1 aromatic heterocycles. The van der Waals surface area contributed by atoms with Crippen molar-refractivity contribution in [3.05, 3.63) is 16.1 Å². The highest BCUT2D eigenvalue weighted by Crippen LogP contribution is 2.30. The quantitative estimate of drug-likeness (QED) is 0.465. The summed E-state index contributed by atoms with van der Waals surface area (Å²) < 4.78 is 76.0. The molecular weight excluding hydrogens is 396 g/mol. The first-order valence-corrected chi connectivity index (χ1v) is 9.18. The van der Waals surface area contributed by atoms with Crippen LogP contribution in [0.15, 0.2) is 10.4 Å². The molecule has 1 aromatic rings. The number of aliphatic imine (C=N–C) groups is 1. The van der Waals surface area contributed by atoms with E-state index >= 15 is 0 Å². The molecule has 154 valence electrons. The largest absolute Gasteiger partial charge is 0.434 e. The Bertz CT molecular complexity index is 633. The molecule has 1 atom stereocenters. The third kappa shape index (κ3) is 5.96. The van der Waals surface area contributed by atoms with Crippen LogP contribution in [-0.4, -0.2) is 72.7 Å². The van der Waals surface area contributed by atoms with Crippen molar-refractivity contribution in [2.24, 2.45) is 4.99 Å². The van der Waals surface area contributed by atoms with E-state index in [9.17, 15) is 26.3 Å². The summed E-state index contributed by atoms with van der Waals surface area (Å²) in [5, 5.41) is 4.36. The van der Waals surface area contributed by atoms with Crippen molar-refractivity contribution in [3.63, 3.8) is 0 Å². The fraction of sp³-hybridized carbons (Fsp3) is 0.733. The second-order valence-corrected chi connectivity index (χ2v) is 7.03. The normalized spacial score (nSPS) is 18.7. The Hall–Kier alpha value is -1.56. The standard InChI is InChI=1S/C15H21F6N5S/c1-10(14(16,17)18)25-5-7-26(8-6-25)13(22-2)23-4-3-12-24-11(9-27-12)15(19,20)21/h9-10H,3-8H2,1-2H3,(H,22,23). The number of rotatable bonds is 4. The SMILES string of the molecule is CN=C(NCCc1nc(C(F)(F)F)cs1)N1CCN(C(C)C(F)(F)F)CC1. The van der Waals surface area contributed by atoms with E-state index in [1.807, 2.05) is 4.90 Å². The van der Waals surface area contributed by atoms with E-state index in [1.165, 1.54) is 4.90 Å². The number of guanidine groups is 1. The lowest BCUT2D eigenvalue weighted by Gasteiger charge is -2.39. The van der Waals surface area contributed by atoms with Crippen LogP contribution in [0.25, 0.3) is 0 Å². The van der Waals surface area contributed by atoms with Crippen molar-refractivity contribution < 1.29 is 26.3 Å². The van der Waals surface area contributed by atoms with Gasteiger partial charge in [0.15, 0.2) is 11.7 Å². The molecule has 12 heteroatoms. The van der Waals surface area contributed by atoms with E-state index in [0.29, 0.717) is 37.0 Å². The van der Waals surface area contributed by atoms with Gasteiger partial charge in [0.1, 0.15) is 6.04 Å². The fourth-order valence-corrected chi connectivity index (χ4v) is 3.50. The summed E-state index contributed by atoms with van der Waals surface area (Å²) in [5.41, 5.74) is -0.901. The first-order chi connectivity index (χ1) is 12.5. The molecule has 0 amide bonds. The zero-order valence-electron chi connectivity index (χ0n) is 14.9. The summed E-state index contributed by atoms with van der Waals surface area (Å²) in [6.07, 6.45) is -8.42. The van der Waals surface area contributed by atoms with E-state index in [4.69, 9.17) is 0 Å². The van der Waals surface area contributed by atoms with Gasteiger partial charge in [-0.2, -0.15) is 26.3 Å². The number of aromatic nitrogens is 1. The Morgan fingerprint density at radius 1 is 1.22 bits per heavy atom. The fourth-order valence-electron chi connectivity index (χ4n) is 2.70. The molecule has 27 heavy (non-hydrogen) atoms. The van der Waals surface area contributed by atoms with E-state index in [-0.39, 0.29) is 13.1 Å². The number of hydrogen-bond donors (Lipinski definition) is 1. The minimum atomic E-state index is -4.45. The number of thiazole rings is 1. The first-order valence-electron chi connectivity index (χ1n) is 8.30. The lowest BCUT2D eigenvalue weighted by molar-refractivity contribution is -0.181. The summed E-state index contributed by atoms with van der Waals surface area (Å²) in [4.78, 5) is 10.9. The summed E-state index contributed by atoms with van der Waals surface area (Å²) >= 11 is 0.939. The molecule has 1 N–H and O–H groups in total. The minimum Gasteiger partial charge on any atom is -0.356 e. The van der Waals surface area contributed by atoms with Crippen LogP contribution in [0, 0.1) is 0 Å². The average Bonchev–Trinajstić information content (AvgIpc) is 3.07. The molecular formula is C15H21F6N5S. The summed E-state index contributed by atoms with van der Waals surface area (Å²) in [7, 11) is 1.55. The van der Waals surface area contributed by atoms with Crippen LogP contribution in [0.4, 0.5) is 26.3 Å².